The molecule has 116 valence electrons. The molecule has 5 heteroatoms. The van der Waals surface area contributed by atoms with Crippen LogP contribution in [0.1, 0.15) is 37.6 Å². The first-order chi connectivity index (χ1) is 10.2. The SMILES string of the molecule is CCNC(=NCc1cccc(C)n1)NC1CCC(SC)C1. The number of hydrogen-bond acceptors (Lipinski definition) is 3. The van der Waals surface area contributed by atoms with E-state index in [0.29, 0.717) is 12.6 Å². The quantitative estimate of drug-likeness (QED) is 0.649. The maximum absolute atomic E-state index is 4.66. The number of aliphatic imine (C=N–C) groups is 1. The van der Waals surface area contributed by atoms with Gasteiger partial charge in [-0.25, -0.2) is 4.99 Å². The first-order valence-electron chi connectivity index (χ1n) is 7.71. The number of aromatic nitrogens is 1. The highest BCUT2D eigenvalue weighted by molar-refractivity contribution is 7.99. The second kappa shape index (κ2) is 8.27. The molecule has 1 aromatic heterocycles. The summed E-state index contributed by atoms with van der Waals surface area (Å²) in [6.07, 6.45) is 5.97. The van der Waals surface area contributed by atoms with Crippen molar-refractivity contribution in [2.24, 2.45) is 4.99 Å². The second-order valence-electron chi connectivity index (χ2n) is 5.48. The average molecular weight is 306 g/mol. The fourth-order valence-electron chi connectivity index (χ4n) is 2.65. The molecule has 0 aliphatic heterocycles. The lowest BCUT2D eigenvalue weighted by atomic mass is 10.2. The lowest BCUT2D eigenvalue weighted by Crippen LogP contribution is -2.42. The zero-order valence-electron chi connectivity index (χ0n) is 13.2. The standard InChI is InChI=1S/C16H26N4S/c1-4-17-16(20-13-8-9-15(10-13)21-3)18-11-14-7-5-6-12(2)19-14/h5-7,13,15H,4,8-11H2,1-3H3,(H2,17,18,20). The van der Waals surface area contributed by atoms with E-state index < -0.39 is 0 Å². The van der Waals surface area contributed by atoms with Crippen LogP contribution in [-0.4, -0.2) is 35.0 Å². The summed E-state index contributed by atoms with van der Waals surface area (Å²) >= 11 is 1.98. The summed E-state index contributed by atoms with van der Waals surface area (Å²) in [5.74, 6) is 0.910. The molecule has 1 heterocycles. The van der Waals surface area contributed by atoms with Crippen LogP contribution in [-0.2, 0) is 6.54 Å². The monoisotopic (exact) mass is 306 g/mol. The van der Waals surface area contributed by atoms with Crippen LogP contribution >= 0.6 is 11.8 Å². The van der Waals surface area contributed by atoms with Gasteiger partial charge in [0.15, 0.2) is 5.96 Å². The van der Waals surface area contributed by atoms with Gasteiger partial charge in [-0.3, -0.25) is 4.98 Å². The third-order valence-electron chi connectivity index (χ3n) is 3.75. The number of thioether (sulfide) groups is 1. The number of rotatable bonds is 5. The highest BCUT2D eigenvalue weighted by Crippen LogP contribution is 2.27. The normalized spacial score (nSPS) is 22.3. The van der Waals surface area contributed by atoms with Crippen molar-refractivity contribution >= 4 is 17.7 Å². The predicted octanol–water partition coefficient (Wildman–Crippen LogP) is 2.73. The van der Waals surface area contributed by atoms with Crippen molar-refractivity contribution in [2.75, 3.05) is 12.8 Å². The van der Waals surface area contributed by atoms with Crippen LogP contribution in [0.5, 0.6) is 0 Å². The molecule has 0 aromatic carbocycles. The van der Waals surface area contributed by atoms with Crippen molar-refractivity contribution in [1.82, 2.24) is 15.6 Å². The van der Waals surface area contributed by atoms with E-state index in [4.69, 9.17) is 0 Å². The van der Waals surface area contributed by atoms with Crippen LogP contribution in [0.25, 0.3) is 0 Å². The smallest absolute Gasteiger partial charge is 0.191 e. The molecule has 0 saturated heterocycles. The van der Waals surface area contributed by atoms with E-state index in [2.05, 4.69) is 33.8 Å². The van der Waals surface area contributed by atoms with E-state index >= 15 is 0 Å². The molecule has 2 N–H and O–H groups in total. The van der Waals surface area contributed by atoms with E-state index in [1.807, 2.05) is 36.9 Å². The molecular formula is C16H26N4S. The van der Waals surface area contributed by atoms with Crippen LogP contribution < -0.4 is 10.6 Å². The predicted molar refractivity (Wildman–Crippen MR) is 91.9 cm³/mol. The van der Waals surface area contributed by atoms with E-state index in [-0.39, 0.29) is 0 Å². The summed E-state index contributed by atoms with van der Waals surface area (Å²) in [6, 6.07) is 6.62. The van der Waals surface area contributed by atoms with Crippen LogP contribution in [0.2, 0.25) is 0 Å². The molecular weight excluding hydrogens is 280 g/mol. The minimum atomic E-state index is 0.547. The molecule has 2 unspecified atom stereocenters. The second-order valence-corrected chi connectivity index (χ2v) is 6.62. The van der Waals surface area contributed by atoms with E-state index in [1.54, 1.807) is 0 Å². The lowest BCUT2D eigenvalue weighted by molar-refractivity contribution is 0.614. The molecule has 1 aliphatic carbocycles. The van der Waals surface area contributed by atoms with Gasteiger partial charge in [0, 0.05) is 23.5 Å². The fourth-order valence-corrected chi connectivity index (χ4v) is 3.44. The Balaban J connectivity index is 1.93. The highest BCUT2D eigenvalue weighted by atomic mass is 32.2. The van der Waals surface area contributed by atoms with Gasteiger partial charge in [0.1, 0.15) is 0 Å². The molecule has 21 heavy (non-hydrogen) atoms. The zero-order valence-corrected chi connectivity index (χ0v) is 14.0. The number of hydrogen-bond donors (Lipinski definition) is 2. The minimum Gasteiger partial charge on any atom is -0.357 e. The fraction of sp³-hybridized carbons (Fsp3) is 0.625. The molecule has 0 spiro atoms. The number of nitrogens with one attached hydrogen (secondary N) is 2. The summed E-state index contributed by atoms with van der Waals surface area (Å²) in [7, 11) is 0. The van der Waals surface area contributed by atoms with Gasteiger partial charge in [-0.05, 0) is 51.5 Å². The van der Waals surface area contributed by atoms with Gasteiger partial charge in [0.05, 0.1) is 12.2 Å². The summed E-state index contributed by atoms with van der Waals surface area (Å²) < 4.78 is 0. The molecule has 0 radical (unpaired) electrons. The van der Waals surface area contributed by atoms with E-state index in [0.717, 1.165) is 29.1 Å². The summed E-state index contributed by atoms with van der Waals surface area (Å²) in [4.78, 5) is 9.16. The average Bonchev–Trinajstić information content (AvgIpc) is 2.93. The number of aryl methyl sites for hydroxylation is 1. The van der Waals surface area contributed by atoms with Gasteiger partial charge in [-0.15, -0.1) is 0 Å². The molecule has 0 bridgehead atoms. The maximum Gasteiger partial charge on any atom is 0.191 e. The number of pyridine rings is 1. The van der Waals surface area contributed by atoms with Gasteiger partial charge in [0.25, 0.3) is 0 Å². The van der Waals surface area contributed by atoms with Crippen molar-refractivity contribution in [3.63, 3.8) is 0 Å². The van der Waals surface area contributed by atoms with Crippen LogP contribution in [0.4, 0.5) is 0 Å². The summed E-state index contributed by atoms with van der Waals surface area (Å²) in [6.45, 7) is 5.61. The zero-order chi connectivity index (χ0) is 15.1. The van der Waals surface area contributed by atoms with Crippen molar-refractivity contribution in [3.8, 4) is 0 Å². The van der Waals surface area contributed by atoms with Gasteiger partial charge >= 0.3 is 0 Å². The van der Waals surface area contributed by atoms with Crippen molar-refractivity contribution in [3.05, 3.63) is 29.6 Å². The summed E-state index contributed by atoms with van der Waals surface area (Å²) in [5, 5.41) is 7.69. The first kappa shape index (κ1) is 16.1. The Hall–Kier alpha value is -1.23. The Morgan fingerprint density at radius 2 is 2.29 bits per heavy atom. The topological polar surface area (TPSA) is 49.3 Å². The van der Waals surface area contributed by atoms with Crippen molar-refractivity contribution in [1.29, 1.82) is 0 Å². The molecule has 1 fully saturated rings. The van der Waals surface area contributed by atoms with Gasteiger partial charge in [-0.1, -0.05) is 6.07 Å². The molecule has 1 saturated carbocycles. The van der Waals surface area contributed by atoms with Gasteiger partial charge in [-0.2, -0.15) is 11.8 Å². The van der Waals surface area contributed by atoms with Crippen LogP contribution in [0, 0.1) is 6.92 Å². The number of nitrogens with zero attached hydrogens (tertiary/aromatic N) is 2. The molecule has 2 atom stereocenters. The Kier molecular flexibility index (Phi) is 6.36. The van der Waals surface area contributed by atoms with Crippen molar-refractivity contribution in [2.45, 2.75) is 50.9 Å². The third-order valence-corrected chi connectivity index (χ3v) is 4.84. The van der Waals surface area contributed by atoms with Crippen molar-refractivity contribution < 1.29 is 0 Å². The summed E-state index contributed by atoms with van der Waals surface area (Å²) in [5.41, 5.74) is 2.06. The van der Waals surface area contributed by atoms with Gasteiger partial charge in [0.2, 0.25) is 0 Å². The van der Waals surface area contributed by atoms with E-state index in [1.165, 1.54) is 19.3 Å². The largest absolute Gasteiger partial charge is 0.357 e. The molecule has 0 amide bonds. The first-order valence-corrected chi connectivity index (χ1v) is 9.00. The Labute approximate surface area is 132 Å². The van der Waals surface area contributed by atoms with Crippen LogP contribution in [0.15, 0.2) is 23.2 Å². The lowest BCUT2D eigenvalue weighted by Gasteiger charge is -2.17. The van der Waals surface area contributed by atoms with Crippen LogP contribution in [0.3, 0.4) is 0 Å². The molecule has 1 aliphatic rings. The Bertz CT molecular complexity index is 475. The van der Waals surface area contributed by atoms with Gasteiger partial charge < -0.3 is 10.6 Å². The number of guanidine groups is 1. The maximum atomic E-state index is 4.66. The molecule has 2 rings (SSSR count). The third kappa shape index (κ3) is 5.23. The molecule has 4 nitrogen and oxygen atoms in total. The Morgan fingerprint density at radius 3 is 2.95 bits per heavy atom. The van der Waals surface area contributed by atoms with E-state index in [9.17, 15) is 0 Å². The highest BCUT2D eigenvalue weighted by Gasteiger charge is 2.24. The molecule has 1 aromatic rings. The Morgan fingerprint density at radius 1 is 1.43 bits per heavy atom. The minimum absolute atomic E-state index is 0.547.